The van der Waals surface area contributed by atoms with Crippen LogP contribution >= 0.6 is 11.3 Å². The van der Waals surface area contributed by atoms with E-state index in [0.29, 0.717) is 22.4 Å². The number of nitrogens with one attached hydrogen (secondary N) is 1. The highest BCUT2D eigenvalue weighted by Gasteiger charge is 2.29. The third-order valence-electron chi connectivity index (χ3n) is 5.96. The van der Waals surface area contributed by atoms with Crippen LogP contribution in [0.15, 0.2) is 24.3 Å². The Bertz CT molecular complexity index is 869. The molecule has 1 saturated heterocycles. The van der Waals surface area contributed by atoms with Gasteiger partial charge in [-0.25, -0.2) is 0 Å². The molecule has 1 aliphatic heterocycles. The van der Waals surface area contributed by atoms with Crippen LogP contribution < -0.4 is 10.1 Å². The quantitative estimate of drug-likeness (QED) is 0.628. The first-order chi connectivity index (χ1) is 14.9. The zero-order valence-electron chi connectivity index (χ0n) is 18.8. The highest BCUT2D eigenvalue weighted by Crippen LogP contribution is 2.28. The molecule has 2 heterocycles. The summed E-state index contributed by atoms with van der Waals surface area (Å²) in [5.41, 5.74) is 0.497. The van der Waals surface area contributed by atoms with Crippen molar-refractivity contribution in [3.05, 3.63) is 34.8 Å². The normalized spacial score (nSPS) is 18.8. The summed E-state index contributed by atoms with van der Waals surface area (Å²) in [6.45, 7) is 8.43. The maximum Gasteiger partial charge on any atom is 0.260 e. The Hall–Kier alpha value is -2.48. The second-order valence-corrected chi connectivity index (χ2v) is 9.17. The van der Waals surface area contributed by atoms with Gasteiger partial charge in [0.25, 0.3) is 11.8 Å². The van der Waals surface area contributed by atoms with Crippen LogP contribution in [0.2, 0.25) is 0 Å². The van der Waals surface area contributed by atoms with E-state index in [1.54, 1.807) is 24.3 Å². The van der Waals surface area contributed by atoms with Gasteiger partial charge in [0.15, 0.2) is 6.61 Å². The summed E-state index contributed by atoms with van der Waals surface area (Å²) in [6.07, 6.45) is 5.23. The number of rotatable bonds is 8. The number of carbonyl (C=O) groups is 2. The highest BCUT2D eigenvalue weighted by molar-refractivity contribution is 7.15. The molecule has 0 spiro atoms. The minimum atomic E-state index is -0.245. The molecular formula is C23H32N4O3S. The van der Waals surface area contributed by atoms with Crippen molar-refractivity contribution in [1.82, 2.24) is 15.1 Å². The molecule has 8 heteroatoms. The van der Waals surface area contributed by atoms with E-state index >= 15 is 0 Å². The SMILES string of the molecule is CCC(CC)c1nnc(NC(=O)c2ccc(OCC(=O)N3C(C)CCCC3C)cc2)s1. The highest BCUT2D eigenvalue weighted by atomic mass is 32.1. The largest absolute Gasteiger partial charge is 0.484 e. The van der Waals surface area contributed by atoms with Gasteiger partial charge in [-0.05, 0) is 70.2 Å². The molecule has 2 aromatic rings. The average Bonchev–Trinajstić information content (AvgIpc) is 3.21. The molecular weight excluding hydrogens is 412 g/mol. The van der Waals surface area contributed by atoms with Crippen molar-refractivity contribution in [2.24, 2.45) is 0 Å². The van der Waals surface area contributed by atoms with Gasteiger partial charge in [-0.1, -0.05) is 25.2 Å². The molecule has 1 N–H and O–H groups in total. The molecule has 1 aliphatic rings. The Morgan fingerprint density at radius 2 is 1.77 bits per heavy atom. The molecule has 3 rings (SSSR count). The van der Waals surface area contributed by atoms with Crippen LogP contribution in [-0.2, 0) is 4.79 Å². The molecule has 2 unspecified atom stereocenters. The minimum absolute atomic E-state index is 0.00378. The van der Waals surface area contributed by atoms with E-state index in [2.05, 4.69) is 43.2 Å². The fraction of sp³-hybridized carbons (Fsp3) is 0.565. The minimum Gasteiger partial charge on any atom is -0.484 e. The Labute approximate surface area is 188 Å². The summed E-state index contributed by atoms with van der Waals surface area (Å²) < 4.78 is 5.68. The van der Waals surface area contributed by atoms with Crippen molar-refractivity contribution in [2.75, 3.05) is 11.9 Å². The molecule has 0 saturated carbocycles. The lowest BCUT2D eigenvalue weighted by molar-refractivity contribution is -0.139. The standard InChI is InChI=1S/C23H32N4O3S/c1-5-17(6-2)22-25-26-23(31-22)24-21(29)18-10-12-19(13-11-18)30-14-20(28)27-15(3)8-7-9-16(27)4/h10-13,15-17H,5-9,14H2,1-4H3,(H,24,26,29). The molecule has 7 nitrogen and oxygen atoms in total. The maximum atomic E-state index is 12.6. The third-order valence-corrected chi connectivity index (χ3v) is 6.96. The van der Waals surface area contributed by atoms with Crippen LogP contribution in [0.3, 0.4) is 0 Å². The molecule has 2 atom stereocenters. The zero-order valence-corrected chi connectivity index (χ0v) is 19.6. The number of nitrogens with zero attached hydrogens (tertiary/aromatic N) is 3. The molecule has 0 radical (unpaired) electrons. The number of piperidine rings is 1. The topological polar surface area (TPSA) is 84.4 Å². The number of likely N-dealkylation sites (tertiary alicyclic amines) is 1. The summed E-state index contributed by atoms with van der Waals surface area (Å²) in [5.74, 6) is 0.698. The Morgan fingerprint density at radius 1 is 1.13 bits per heavy atom. The maximum absolute atomic E-state index is 12.6. The summed E-state index contributed by atoms with van der Waals surface area (Å²) in [7, 11) is 0. The Balaban J connectivity index is 1.54. The van der Waals surface area contributed by atoms with Gasteiger partial charge in [-0.2, -0.15) is 0 Å². The molecule has 31 heavy (non-hydrogen) atoms. The first-order valence-electron chi connectivity index (χ1n) is 11.1. The van der Waals surface area contributed by atoms with Gasteiger partial charge in [0.2, 0.25) is 5.13 Å². The van der Waals surface area contributed by atoms with E-state index in [1.807, 2.05) is 4.90 Å². The monoisotopic (exact) mass is 444 g/mol. The number of carbonyl (C=O) groups excluding carboxylic acids is 2. The van der Waals surface area contributed by atoms with Gasteiger partial charge in [0.1, 0.15) is 10.8 Å². The molecule has 2 amide bonds. The van der Waals surface area contributed by atoms with Crippen molar-refractivity contribution >= 4 is 28.3 Å². The Morgan fingerprint density at radius 3 is 2.39 bits per heavy atom. The van der Waals surface area contributed by atoms with Crippen LogP contribution in [0.5, 0.6) is 5.75 Å². The molecule has 1 aromatic carbocycles. The van der Waals surface area contributed by atoms with E-state index in [4.69, 9.17) is 4.74 Å². The summed E-state index contributed by atoms with van der Waals surface area (Å²) >= 11 is 1.42. The number of aromatic nitrogens is 2. The number of hydrogen-bond donors (Lipinski definition) is 1. The predicted octanol–water partition coefficient (Wildman–Crippen LogP) is 4.86. The van der Waals surface area contributed by atoms with Gasteiger partial charge in [0.05, 0.1) is 0 Å². The number of hydrogen-bond acceptors (Lipinski definition) is 6. The van der Waals surface area contributed by atoms with Crippen LogP contribution in [0.4, 0.5) is 5.13 Å². The van der Waals surface area contributed by atoms with E-state index in [0.717, 1.165) is 37.1 Å². The van der Waals surface area contributed by atoms with Crippen LogP contribution in [0.25, 0.3) is 0 Å². The molecule has 1 fully saturated rings. The summed E-state index contributed by atoms with van der Waals surface area (Å²) in [5, 5.41) is 12.6. The van der Waals surface area contributed by atoms with Crippen LogP contribution in [0, 0.1) is 0 Å². The number of benzene rings is 1. The lowest BCUT2D eigenvalue weighted by Crippen LogP contribution is -2.49. The van der Waals surface area contributed by atoms with Gasteiger partial charge < -0.3 is 9.64 Å². The molecule has 1 aromatic heterocycles. The molecule has 0 aliphatic carbocycles. The van der Waals surface area contributed by atoms with E-state index < -0.39 is 0 Å². The van der Waals surface area contributed by atoms with Gasteiger partial charge in [-0.15, -0.1) is 10.2 Å². The second-order valence-electron chi connectivity index (χ2n) is 8.16. The van der Waals surface area contributed by atoms with E-state index in [-0.39, 0.29) is 30.5 Å². The molecule has 168 valence electrons. The fourth-order valence-electron chi connectivity index (χ4n) is 4.09. The van der Waals surface area contributed by atoms with Crippen molar-refractivity contribution in [3.63, 3.8) is 0 Å². The number of ether oxygens (including phenoxy) is 1. The second kappa shape index (κ2) is 10.7. The van der Waals surface area contributed by atoms with Gasteiger partial charge >= 0.3 is 0 Å². The van der Waals surface area contributed by atoms with Crippen LogP contribution in [-0.4, -0.2) is 45.6 Å². The first kappa shape index (κ1) is 23.2. The molecule has 0 bridgehead atoms. The van der Waals surface area contributed by atoms with Crippen molar-refractivity contribution in [2.45, 2.75) is 77.8 Å². The van der Waals surface area contributed by atoms with Gasteiger partial charge in [-0.3, -0.25) is 14.9 Å². The van der Waals surface area contributed by atoms with E-state index in [1.165, 1.54) is 11.3 Å². The zero-order chi connectivity index (χ0) is 22.4. The first-order valence-corrected chi connectivity index (χ1v) is 11.9. The van der Waals surface area contributed by atoms with Gasteiger partial charge in [0, 0.05) is 23.6 Å². The number of anilines is 1. The van der Waals surface area contributed by atoms with Crippen molar-refractivity contribution in [3.8, 4) is 5.75 Å². The van der Waals surface area contributed by atoms with Crippen LogP contribution in [0.1, 0.15) is 81.1 Å². The van der Waals surface area contributed by atoms with Crippen molar-refractivity contribution < 1.29 is 14.3 Å². The number of amides is 2. The predicted molar refractivity (Wildman–Crippen MR) is 123 cm³/mol. The lowest BCUT2D eigenvalue weighted by atomic mass is 9.97. The lowest BCUT2D eigenvalue weighted by Gasteiger charge is -2.38. The Kier molecular flexibility index (Phi) is 8.01. The summed E-state index contributed by atoms with van der Waals surface area (Å²) in [6, 6.07) is 7.28. The van der Waals surface area contributed by atoms with E-state index in [9.17, 15) is 9.59 Å². The van der Waals surface area contributed by atoms with Crippen molar-refractivity contribution in [1.29, 1.82) is 0 Å². The fourth-order valence-corrected chi connectivity index (χ4v) is 5.10. The smallest absolute Gasteiger partial charge is 0.260 e. The summed E-state index contributed by atoms with van der Waals surface area (Å²) in [4.78, 5) is 27.0. The average molecular weight is 445 g/mol. The third kappa shape index (κ3) is 5.81.